The van der Waals surface area contributed by atoms with Gasteiger partial charge in [-0.15, -0.1) is 24.0 Å². The lowest BCUT2D eigenvalue weighted by Crippen LogP contribution is -2.40. The number of likely N-dealkylation sites (tertiary alicyclic amines) is 1. The van der Waals surface area contributed by atoms with Crippen molar-refractivity contribution in [3.05, 3.63) is 70.2 Å². The number of rotatable bonds is 8. The molecule has 2 aromatic rings. The number of primary amides is 1. The highest BCUT2D eigenvalue weighted by Crippen LogP contribution is 2.19. The molecule has 0 bridgehead atoms. The van der Waals surface area contributed by atoms with Gasteiger partial charge in [0.15, 0.2) is 5.96 Å². The van der Waals surface area contributed by atoms with Crippen LogP contribution in [-0.4, -0.2) is 43.4 Å². The van der Waals surface area contributed by atoms with E-state index in [4.69, 9.17) is 17.3 Å². The number of halogens is 2. The molecule has 0 radical (unpaired) electrons. The van der Waals surface area contributed by atoms with Gasteiger partial charge in [0.25, 0.3) is 0 Å². The quantitative estimate of drug-likeness (QED) is 0.258. The fourth-order valence-corrected chi connectivity index (χ4v) is 4.18. The van der Waals surface area contributed by atoms with Crippen molar-refractivity contribution in [2.45, 2.75) is 32.4 Å². The minimum Gasteiger partial charge on any atom is -0.369 e. The van der Waals surface area contributed by atoms with E-state index < -0.39 is 0 Å². The van der Waals surface area contributed by atoms with Gasteiger partial charge in [0.05, 0.1) is 5.92 Å². The average molecular weight is 570 g/mol. The summed E-state index contributed by atoms with van der Waals surface area (Å²) in [6.07, 6.45) is 2.75. The van der Waals surface area contributed by atoms with Crippen LogP contribution in [0.3, 0.4) is 0 Å². The van der Waals surface area contributed by atoms with Crippen molar-refractivity contribution >= 4 is 47.4 Å². The molecule has 0 spiro atoms. The van der Waals surface area contributed by atoms with Gasteiger partial charge in [-0.2, -0.15) is 0 Å². The molecule has 0 saturated carbocycles. The standard InChI is InChI=1S/C24H32ClN5O.HI/c1-27-24(28-12-11-20-8-2-3-10-22(20)25)29-15-18-6-4-7-19(14-18)16-30-13-5-9-21(17-30)23(26)31;/h2-4,6-8,10,14,21H,5,9,11-13,15-17H2,1H3,(H2,26,31)(H2,27,28,29);1H. The first-order valence-electron chi connectivity index (χ1n) is 10.8. The number of nitrogens with one attached hydrogen (secondary N) is 2. The number of hydrogen-bond donors (Lipinski definition) is 3. The van der Waals surface area contributed by atoms with Crippen LogP contribution >= 0.6 is 35.6 Å². The van der Waals surface area contributed by atoms with Crippen molar-refractivity contribution in [1.29, 1.82) is 0 Å². The van der Waals surface area contributed by atoms with Crippen LogP contribution in [0.25, 0.3) is 0 Å². The zero-order chi connectivity index (χ0) is 22.1. The second kappa shape index (κ2) is 13.6. The smallest absolute Gasteiger partial charge is 0.221 e. The molecule has 32 heavy (non-hydrogen) atoms. The Balaban J connectivity index is 0.00000363. The van der Waals surface area contributed by atoms with Gasteiger partial charge < -0.3 is 16.4 Å². The molecule has 3 rings (SSSR count). The number of carbonyl (C=O) groups is 1. The Hall–Kier alpha value is -1.84. The van der Waals surface area contributed by atoms with Crippen LogP contribution in [0.1, 0.15) is 29.5 Å². The van der Waals surface area contributed by atoms with Crippen molar-refractivity contribution in [1.82, 2.24) is 15.5 Å². The molecule has 2 aromatic carbocycles. The van der Waals surface area contributed by atoms with Crippen molar-refractivity contribution in [2.24, 2.45) is 16.6 Å². The first-order valence-corrected chi connectivity index (χ1v) is 11.2. The predicted molar refractivity (Wildman–Crippen MR) is 142 cm³/mol. The van der Waals surface area contributed by atoms with Crippen molar-refractivity contribution in [3.8, 4) is 0 Å². The third-order valence-electron chi connectivity index (χ3n) is 5.63. The topological polar surface area (TPSA) is 82.8 Å². The van der Waals surface area contributed by atoms with Crippen LogP contribution in [-0.2, 0) is 24.3 Å². The molecule has 8 heteroatoms. The molecule has 0 aromatic heterocycles. The summed E-state index contributed by atoms with van der Waals surface area (Å²) in [6, 6.07) is 16.4. The van der Waals surface area contributed by atoms with Gasteiger partial charge in [-0.25, -0.2) is 0 Å². The van der Waals surface area contributed by atoms with Crippen LogP contribution < -0.4 is 16.4 Å². The maximum Gasteiger partial charge on any atom is 0.221 e. The highest BCUT2D eigenvalue weighted by molar-refractivity contribution is 14.0. The molecule has 1 atom stereocenters. The summed E-state index contributed by atoms with van der Waals surface area (Å²) >= 11 is 6.22. The number of benzene rings is 2. The molecule has 6 nitrogen and oxygen atoms in total. The summed E-state index contributed by atoms with van der Waals surface area (Å²) in [5.41, 5.74) is 9.06. The van der Waals surface area contributed by atoms with Crippen LogP contribution in [0.2, 0.25) is 5.02 Å². The summed E-state index contributed by atoms with van der Waals surface area (Å²) in [5, 5.41) is 7.50. The Morgan fingerprint density at radius 2 is 1.97 bits per heavy atom. The van der Waals surface area contributed by atoms with E-state index in [2.05, 4.69) is 44.8 Å². The van der Waals surface area contributed by atoms with E-state index in [1.165, 1.54) is 11.1 Å². The third-order valence-corrected chi connectivity index (χ3v) is 6.00. The molecule has 1 aliphatic heterocycles. The fourth-order valence-electron chi connectivity index (χ4n) is 3.95. The second-order valence-corrected chi connectivity index (χ2v) is 8.40. The van der Waals surface area contributed by atoms with Crippen molar-refractivity contribution in [3.63, 3.8) is 0 Å². The van der Waals surface area contributed by atoms with Gasteiger partial charge in [0.2, 0.25) is 5.91 Å². The SMILES string of the molecule is CN=C(NCCc1ccccc1Cl)NCc1cccc(CN2CCCC(C(N)=O)C2)c1.I. The van der Waals surface area contributed by atoms with E-state index >= 15 is 0 Å². The number of aliphatic imine (C=N–C) groups is 1. The summed E-state index contributed by atoms with van der Waals surface area (Å²) in [4.78, 5) is 18.1. The van der Waals surface area contributed by atoms with Crippen molar-refractivity contribution in [2.75, 3.05) is 26.7 Å². The van der Waals surface area contributed by atoms with Crippen LogP contribution in [0.15, 0.2) is 53.5 Å². The molecule has 1 unspecified atom stereocenters. The fraction of sp³-hybridized carbons (Fsp3) is 0.417. The highest BCUT2D eigenvalue weighted by atomic mass is 127. The third kappa shape index (κ3) is 8.26. The Morgan fingerprint density at radius 1 is 1.19 bits per heavy atom. The van der Waals surface area contributed by atoms with Crippen LogP contribution in [0, 0.1) is 5.92 Å². The highest BCUT2D eigenvalue weighted by Gasteiger charge is 2.23. The lowest BCUT2D eigenvalue weighted by molar-refractivity contribution is -0.123. The predicted octanol–water partition coefficient (Wildman–Crippen LogP) is 3.56. The average Bonchev–Trinajstić information content (AvgIpc) is 2.77. The van der Waals surface area contributed by atoms with E-state index in [-0.39, 0.29) is 35.8 Å². The molecule has 1 saturated heterocycles. The lowest BCUT2D eigenvalue weighted by Gasteiger charge is -2.31. The van der Waals surface area contributed by atoms with E-state index in [9.17, 15) is 4.79 Å². The van der Waals surface area contributed by atoms with Crippen LogP contribution in [0.5, 0.6) is 0 Å². The van der Waals surface area contributed by atoms with Gasteiger partial charge in [0.1, 0.15) is 0 Å². The summed E-state index contributed by atoms with van der Waals surface area (Å²) in [5.74, 6) is 0.549. The van der Waals surface area contributed by atoms with E-state index in [1.807, 2.05) is 24.3 Å². The lowest BCUT2D eigenvalue weighted by atomic mass is 9.97. The first kappa shape index (κ1) is 26.4. The van der Waals surface area contributed by atoms with Crippen LogP contribution in [0.4, 0.5) is 0 Å². The number of hydrogen-bond acceptors (Lipinski definition) is 3. The molecular weight excluding hydrogens is 537 g/mol. The molecule has 1 fully saturated rings. The maximum atomic E-state index is 11.5. The van der Waals surface area contributed by atoms with Gasteiger partial charge in [-0.1, -0.05) is 54.1 Å². The number of nitrogens with zero attached hydrogens (tertiary/aromatic N) is 2. The van der Waals surface area contributed by atoms with Crippen molar-refractivity contribution < 1.29 is 4.79 Å². The van der Waals surface area contributed by atoms with Gasteiger partial charge in [0, 0.05) is 38.2 Å². The first-order chi connectivity index (χ1) is 15.0. The molecular formula is C24H33ClIN5O. The zero-order valence-corrected chi connectivity index (χ0v) is 21.6. The molecule has 174 valence electrons. The van der Waals surface area contributed by atoms with E-state index in [0.717, 1.165) is 62.0 Å². The Labute approximate surface area is 213 Å². The normalized spacial score (nSPS) is 16.8. The minimum atomic E-state index is -0.184. The molecule has 1 heterocycles. The number of piperidine rings is 1. The molecule has 1 amide bonds. The van der Waals surface area contributed by atoms with Gasteiger partial charge in [-0.05, 0) is 48.6 Å². The zero-order valence-electron chi connectivity index (χ0n) is 18.5. The summed E-state index contributed by atoms with van der Waals surface area (Å²) < 4.78 is 0. The molecule has 0 aliphatic carbocycles. The van der Waals surface area contributed by atoms with E-state index in [0.29, 0.717) is 6.54 Å². The monoisotopic (exact) mass is 569 g/mol. The Bertz CT molecular complexity index is 907. The summed E-state index contributed by atoms with van der Waals surface area (Å²) in [7, 11) is 1.77. The molecule has 4 N–H and O–H groups in total. The van der Waals surface area contributed by atoms with E-state index in [1.54, 1.807) is 7.05 Å². The number of guanidine groups is 1. The second-order valence-electron chi connectivity index (χ2n) is 7.99. The van der Waals surface area contributed by atoms with Gasteiger partial charge >= 0.3 is 0 Å². The number of nitrogens with two attached hydrogens (primary N) is 1. The van der Waals surface area contributed by atoms with Gasteiger partial charge in [-0.3, -0.25) is 14.7 Å². The summed E-state index contributed by atoms with van der Waals surface area (Å²) in [6.45, 7) is 4.03. The molecule has 1 aliphatic rings. The Morgan fingerprint density at radius 3 is 2.72 bits per heavy atom. The minimum absolute atomic E-state index is 0. The number of carbonyl (C=O) groups excluding carboxylic acids is 1. The Kier molecular flexibility index (Phi) is 11.3. The maximum absolute atomic E-state index is 11.5. The largest absolute Gasteiger partial charge is 0.369 e. The number of amides is 1.